The number of carbonyl (C=O) groups is 1. The number of aromatic nitrogens is 1. The van der Waals surface area contributed by atoms with Crippen LogP contribution in [-0.2, 0) is 10.0 Å². The summed E-state index contributed by atoms with van der Waals surface area (Å²) in [5.41, 5.74) is 1.92. The molecule has 1 amide bonds. The minimum absolute atomic E-state index is 0.139. The van der Waals surface area contributed by atoms with E-state index in [1.807, 2.05) is 44.1 Å². The zero-order valence-corrected chi connectivity index (χ0v) is 19.1. The van der Waals surface area contributed by atoms with Gasteiger partial charge in [0.25, 0.3) is 15.9 Å². The van der Waals surface area contributed by atoms with Crippen LogP contribution in [0, 0.1) is 0 Å². The molecule has 160 valence electrons. The number of carbonyl (C=O) groups excluding carboxylic acids is 1. The van der Waals surface area contributed by atoms with Crippen LogP contribution < -0.4 is 0 Å². The number of amides is 1. The highest BCUT2D eigenvalue weighted by Crippen LogP contribution is 2.28. The number of hydrogen-bond donors (Lipinski definition) is 0. The van der Waals surface area contributed by atoms with Crippen LogP contribution in [0.15, 0.2) is 59.6 Å². The van der Waals surface area contributed by atoms with Crippen LogP contribution in [0.25, 0.3) is 10.9 Å². The summed E-state index contributed by atoms with van der Waals surface area (Å²) in [6, 6.07) is 14.0. The van der Waals surface area contributed by atoms with Crippen molar-refractivity contribution in [3.05, 3.63) is 65.9 Å². The topological polar surface area (TPSA) is 62.6 Å². The van der Waals surface area contributed by atoms with Gasteiger partial charge in [0.05, 0.1) is 22.1 Å². The maximum absolute atomic E-state index is 13.4. The molecular weight excluding hydrogens is 398 g/mol. The highest BCUT2D eigenvalue weighted by molar-refractivity contribution is 7.90. The molecule has 0 aliphatic heterocycles. The standard InChI is InChI=1S/C23H29N3O3S/c1-16(2)18-11-13-19(14-12-18)30(28,29)26-15-21(20-9-7-8-10-22(20)26)23(27)25(6)17(3)24(4)5/h7-17H,1-6H3. The number of fused-ring (bicyclic) bond motifs is 1. The zero-order valence-electron chi connectivity index (χ0n) is 18.3. The van der Waals surface area contributed by atoms with Gasteiger partial charge in [0.1, 0.15) is 0 Å². The van der Waals surface area contributed by atoms with Gasteiger partial charge < -0.3 is 4.90 Å². The first-order valence-electron chi connectivity index (χ1n) is 9.95. The minimum Gasteiger partial charge on any atom is -0.326 e. The Morgan fingerprint density at radius 3 is 2.10 bits per heavy atom. The van der Waals surface area contributed by atoms with Crippen LogP contribution in [0.5, 0.6) is 0 Å². The summed E-state index contributed by atoms with van der Waals surface area (Å²) in [6.45, 7) is 6.04. The van der Waals surface area contributed by atoms with E-state index in [0.717, 1.165) is 5.56 Å². The molecule has 3 aromatic rings. The molecule has 1 unspecified atom stereocenters. The molecule has 0 spiro atoms. The molecule has 0 aliphatic rings. The highest BCUT2D eigenvalue weighted by atomic mass is 32.2. The van der Waals surface area contributed by atoms with Gasteiger partial charge >= 0.3 is 0 Å². The van der Waals surface area contributed by atoms with Crippen molar-refractivity contribution >= 4 is 26.8 Å². The smallest absolute Gasteiger partial charge is 0.268 e. The Kier molecular flexibility index (Phi) is 6.06. The lowest BCUT2D eigenvalue weighted by Crippen LogP contribution is -2.43. The quantitative estimate of drug-likeness (QED) is 0.558. The van der Waals surface area contributed by atoms with E-state index in [2.05, 4.69) is 13.8 Å². The Balaban J connectivity index is 2.13. The Labute approximate surface area is 178 Å². The largest absolute Gasteiger partial charge is 0.326 e. The third-order valence-electron chi connectivity index (χ3n) is 5.64. The average molecular weight is 428 g/mol. The average Bonchev–Trinajstić information content (AvgIpc) is 3.12. The van der Waals surface area contributed by atoms with E-state index in [1.165, 1.54) is 10.2 Å². The van der Waals surface area contributed by atoms with Crippen LogP contribution in [0.1, 0.15) is 42.6 Å². The minimum atomic E-state index is -3.85. The van der Waals surface area contributed by atoms with Gasteiger partial charge in [0, 0.05) is 18.6 Å². The first-order chi connectivity index (χ1) is 14.1. The maximum atomic E-state index is 13.4. The lowest BCUT2D eigenvalue weighted by molar-refractivity contribution is 0.0588. The summed E-state index contributed by atoms with van der Waals surface area (Å²) in [5.74, 6) is 0.0871. The van der Waals surface area contributed by atoms with E-state index in [0.29, 0.717) is 22.4 Å². The van der Waals surface area contributed by atoms with Gasteiger partial charge in [-0.3, -0.25) is 9.69 Å². The molecule has 2 aromatic carbocycles. The van der Waals surface area contributed by atoms with Crippen molar-refractivity contribution in [1.29, 1.82) is 0 Å². The van der Waals surface area contributed by atoms with Crippen LogP contribution >= 0.6 is 0 Å². The van der Waals surface area contributed by atoms with Crippen molar-refractivity contribution in [2.45, 2.75) is 37.8 Å². The van der Waals surface area contributed by atoms with E-state index < -0.39 is 10.0 Å². The van der Waals surface area contributed by atoms with Gasteiger partial charge in [-0.1, -0.05) is 44.2 Å². The summed E-state index contributed by atoms with van der Waals surface area (Å²) >= 11 is 0. The zero-order chi connectivity index (χ0) is 22.2. The summed E-state index contributed by atoms with van der Waals surface area (Å²) in [4.78, 5) is 16.9. The predicted octanol–water partition coefficient (Wildman–Crippen LogP) is 3.98. The van der Waals surface area contributed by atoms with E-state index in [4.69, 9.17) is 0 Å². The Bertz CT molecular complexity index is 1160. The summed E-state index contributed by atoms with van der Waals surface area (Å²) in [7, 11) is 1.66. The maximum Gasteiger partial charge on any atom is 0.268 e. The van der Waals surface area contributed by atoms with Crippen molar-refractivity contribution in [3.63, 3.8) is 0 Å². The molecule has 0 fully saturated rings. The second kappa shape index (κ2) is 8.24. The molecule has 1 aromatic heterocycles. The van der Waals surface area contributed by atoms with Crippen LogP contribution in [0.2, 0.25) is 0 Å². The van der Waals surface area contributed by atoms with Crippen LogP contribution in [-0.4, -0.2) is 55.4 Å². The lowest BCUT2D eigenvalue weighted by atomic mass is 10.0. The monoisotopic (exact) mass is 427 g/mol. The van der Waals surface area contributed by atoms with Crippen molar-refractivity contribution in [2.75, 3.05) is 21.1 Å². The van der Waals surface area contributed by atoms with Crippen molar-refractivity contribution < 1.29 is 13.2 Å². The van der Waals surface area contributed by atoms with Gasteiger partial charge in [-0.25, -0.2) is 12.4 Å². The fourth-order valence-electron chi connectivity index (χ4n) is 3.36. The van der Waals surface area contributed by atoms with Crippen molar-refractivity contribution in [2.24, 2.45) is 0 Å². The molecule has 0 bridgehead atoms. The molecule has 1 heterocycles. The molecule has 3 rings (SSSR count). The SMILES string of the molecule is CC(C)c1ccc(S(=O)(=O)n2cc(C(=O)N(C)C(C)N(C)C)c3ccccc32)cc1. The van der Waals surface area contributed by atoms with Crippen LogP contribution in [0.3, 0.4) is 0 Å². The second-order valence-electron chi connectivity index (χ2n) is 8.10. The fraction of sp³-hybridized carbons (Fsp3) is 0.348. The molecular formula is C23H29N3O3S. The molecule has 0 N–H and O–H groups in total. The van der Waals surface area contributed by atoms with Gasteiger partial charge in [-0.2, -0.15) is 0 Å². The van der Waals surface area contributed by atoms with Gasteiger partial charge in [-0.15, -0.1) is 0 Å². The molecule has 6 nitrogen and oxygen atoms in total. The first-order valence-corrected chi connectivity index (χ1v) is 11.4. The number of benzene rings is 2. The summed E-state index contributed by atoms with van der Waals surface area (Å²) in [5, 5.41) is 0.614. The molecule has 0 saturated heterocycles. The van der Waals surface area contributed by atoms with E-state index in [9.17, 15) is 13.2 Å². The normalized spacial score (nSPS) is 13.2. The van der Waals surface area contributed by atoms with E-state index in [1.54, 1.807) is 42.3 Å². The highest BCUT2D eigenvalue weighted by Gasteiger charge is 2.27. The third-order valence-corrected chi connectivity index (χ3v) is 7.33. The molecule has 0 aliphatic carbocycles. The second-order valence-corrected chi connectivity index (χ2v) is 9.91. The molecule has 30 heavy (non-hydrogen) atoms. The predicted molar refractivity (Wildman–Crippen MR) is 120 cm³/mol. The van der Waals surface area contributed by atoms with Gasteiger partial charge in [0.15, 0.2) is 0 Å². The lowest BCUT2D eigenvalue weighted by Gasteiger charge is -2.30. The number of rotatable bonds is 6. The van der Waals surface area contributed by atoms with Crippen LogP contribution in [0.4, 0.5) is 0 Å². The van der Waals surface area contributed by atoms with E-state index >= 15 is 0 Å². The fourth-order valence-corrected chi connectivity index (χ4v) is 4.73. The van der Waals surface area contributed by atoms with Gasteiger partial charge in [-0.05, 0) is 50.7 Å². The summed E-state index contributed by atoms with van der Waals surface area (Å²) < 4.78 is 28.0. The molecule has 7 heteroatoms. The number of hydrogen-bond acceptors (Lipinski definition) is 4. The van der Waals surface area contributed by atoms with Gasteiger partial charge in [0.2, 0.25) is 0 Å². The van der Waals surface area contributed by atoms with E-state index in [-0.39, 0.29) is 17.0 Å². The molecule has 1 atom stereocenters. The third kappa shape index (κ3) is 3.87. The van der Waals surface area contributed by atoms with Crippen molar-refractivity contribution in [3.8, 4) is 0 Å². The molecule has 0 radical (unpaired) electrons. The van der Waals surface area contributed by atoms with Crippen molar-refractivity contribution in [1.82, 2.24) is 13.8 Å². The Hall–Kier alpha value is -2.64. The number of nitrogens with zero attached hydrogens (tertiary/aromatic N) is 3. The first kappa shape index (κ1) is 22.1. The number of para-hydroxylation sites is 1. The molecule has 0 saturated carbocycles. The Morgan fingerprint density at radius 1 is 0.933 bits per heavy atom. The summed E-state index contributed by atoms with van der Waals surface area (Å²) in [6.07, 6.45) is 1.30. The Morgan fingerprint density at radius 2 is 1.53 bits per heavy atom.